The highest BCUT2D eigenvalue weighted by molar-refractivity contribution is 4.75. The normalized spacial score (nSPS) is 25.4. The summed E-state index contributed by atoms with van der Waals surface area (Å²) >= 11 is 0. The highest BCUT2D eigenvalue weighted by Gasteiger charge is 2.21. The van der Waals surface area contributed by atoms with Crippen molar-refractivity contribution in [2.24, 2.45) is 5.92 Å². The van der Waals surface area contributed by atoms with Crippen LogP contribution in [-0.2, 0) is 0 Å². The lowest BCUT2D eigenvalue weighted by atomic mass is 9.91. The third-order valence-corrected chi connectivity index (χ3v) is 2.67. The summed E-state index contributed by atoms with van der Waals surface area (Å²) in [7, 11) is 2.15. The SMILES string of the molecule is CC(NO)C1CCN(C)CC1. The second-order valence-corrected chi connectivity index (χ2v) is 3.56. The molecule has 0 saturated carbocycles. The molecule has 1 atom stereocenters. The number of rotatable bonds is 2. The molecule has 0 aromatic carbocycles. The van der Waals surface area contributed by atoms with E-state index in [4.69, 9.17) is 5.21 Å². The first-order valence-corrected chi connectivity index (χ1v) is 4.32. The van der Waals surface area contributed by atoms with Crippen LogP contribution in [0.5, 0.6) is 0 Å². The summed E-state index contributed by atoms with van der Waals surface area (Å²) in [6.07, 6.45) is 2.40. The highest BCUT2D eigenvalue weighted by atomic mass is 16.5. The van der Waals surface area contributed by atoms with E-state index >= 15 is 0 Å². The average molecular weight is 158 g/mol. The Kier molecular flexibility index (Phi) is 3.30. The molecule has 1 fully saturated rings. The fraction of sp³-hybridized carbons (Fsp3) is 1.00. The predicted molar refractivity (Wildman–Crippen MR) is 44.6 cm³/mol. The van der Waals surface area contributed by atoms with Crippen LogP contribution in [0.4, 0.5) is 0 Å². The van der Waals surface area contributed by atoms with E-state index in [1.165, 1.54) is 12.8 Å². The van der Waals surface area contributed by atoms with Crippen molar-refractivity contribution in [3.05, 3.63) is 0 Å². The number of hydrogen-bond donors (Lipinski definition) is 2. The summed E-state index contributed by atoms with van der Waals surface area (Å²) in [6, 6.07) is 0.253. The van der Waals surface area contributed by atoms with Crippen LogP contribution in [0.15, 0.2) is 0 Å². The molecule has 1 unspecified atom stereocenters. The van der Waals surface area contributed by atoms with Crippen LogP contribution in [0.1, 0.15) is 19.8 Å². The first-order valence-electron chi connectivity index (χ1n) is 4.32. The Balaban J connectivity index is 2.27. The van der Waals surface area contributed by atoms with Crippen molar-refractivity contribution in [1.29, 1.82) is 0 Å². The summed E-state index contributed by atoms with van der Waals surface area (Å²) in [6.45, 7) is 4.36. The molecule has 0 aromatic heterocycles. The lowest BCUT2D eigenvalue weighted by molar-refractivity contribution is 0.0810. The van der Waals surface area contributed by atoms with Crippen LogP contribution in [0, 0.1) is 5.92 Å². The minimum Gasteiger partial charge on any atom is -0.317 e. The molecule has 0 radical (unpaired) electrons. The van der Waals surface area contributed by atoms with Gasteiger partial charge in [0.15, 0.2) is 0 Å². The fourth-order valence-electron chi connectivity index (χ4n) is 1.63. The number of nitrogens with zero attached hydrogens (tertiary/aromatic N) is 1. The molecule has 0 bridgehead atoms. The van der Waals surface area contributed by atoms with E-state index in [1.807, 2.05) is 6.92 Å². The van der Waals surface area contributed by atoms with Gasteiger partial charge in [0.05, 0.1) is 0 Å². The Morgan fingerprint density at radius 3 is 2.45 bits per heavy atom. The van der Waals surface area contributed by atoms with Crippen LogP contribution in [0.2, 0.25) is 0 Å². The fourth-order valence-corrected chi connectivity index (χ4v) is 1.63. The Bertz CT molecular complexity index is 111. The molecule has 0 aromatic rings. The Morgan fingerprint density at radius 1 is 1.45 bits per heavy atom. The van der Waals surface area contributed by atoms with Gasteiger partial charge in [-0.1, -0.05) is 0 Å². The topological polar surface area (TPSA) is 35.5 Å². The largest absolute Gasteiger partial charge is 0.317 e. The zero-order valence-electron chi connectivity index (χ0n) is 7.38. The summed E-state index contributed by atoms with van der Waals surface area (Å²) in [5, 5.41) is 8.69. The molecule has 3 heteroatoms. The third-order valence-electron chi connectivity index (χ3n) is 2.67. The maximum absolute atomic E-state index is 8.69. The number of hydrogen-bond acceptors (Lipinski definition) is 3. The van der Waals surface area contributed by atoms with Crippen LogP contribution in [0.25, 0.3) is 0 Å². The molecule has 0 amide bonds. The second-order valence-electron chi connectivity index (χ2n) is 3.56. The smallest absolute Gasteiger partial charge is 0.0320 e. The molecule has 1 aliphatic rings. The molecule has 1 rings (SSSR count). The molecule has 1 aliphatic heterocycles. The van der Waals surface area contributed by atoms with Gasteiger partial charge in [0.2, 0.25) is 0 Å². The molecular formula is C8H18N2O. The molecule has 3 nitrogen and oxygen atoms in total. The molecule has 11 heavy (non-hydrogen) atoms. The van der Waals surface area contributed by atoms with E-state index in [-0.39, 0.29) is 6.04 Å². The van der Waals surface area contributed by atoms with E-state index in [2.05, 4.69) is 17.4 Å². The minimum absolute atomic E-state index is 0.253. The lowest BCUT2D eigenvalue weighted by Gasteiger charge is -2.31. The van der Waals surface area contributed by atoms with Gasteiger partial charge < -0.3 is 10.1 Å². The van der Waals surface area contributed by atoms with Crippen LogP contribution < -0.4 is 5.48 Å². The zero-order valence-corrected chi connectivity index (χ0v) is 7.38. The van der Waals surface area contributed by atoms with Gasteiger partial charge in [0, 0.05) is 6.04 Å². The first-order chi connectivity index (χ1) is 5.24. The van der Waals surface area contributed by atoms with Gasteiger partial charge in [-0.15, -0.1) is 0 Å². The lowest BCUT2D eigenvalue weighted by Crippen LogP contribution is -2.39. The van der Waals surface area contributed by atoms with Gasteiger partial charge in [-0.25, -0.2) is 5.48 Å². The Hall–Kier alpha value is -0.120. The predicted octanol–water partition coefficient (Wildman–Crippen LogP) is 0.696. The zero-order chi connectivity index (χ0) is 8.27. The van der Waals surface area contributed by atoms with Crippen molar-refractivity contribution in [3.63, 3.8) is 0 Å². The third kappa shape index (κ3) is 2.43. The van der Waals surface area contributed by atoms with Gasteiger partial charge in [-0.05, 0) is 45.8 Å². The maximum Gasteiger partial charge on any atom is 0.0320 e. The minimum atomic E-state index is 0.253. The van der Waals surface area contributed by atoms with Crippen LogP contribution in [0.3, 0.4) is 0 Å². The number of likely N-dealkylation sites (tertiary alicyclic amines) is 1. The van der Waals surface area contributed by atoms with E-state index in [0.29, 0.717) is 5.92 Å². The van der Waals surface area contributed by atoms with E-state index < -0.39 is 0 Å². The highest BCUT2D eigenvalue weighted by Crippen LogP contribution is 2.18. The van der Waals surface area contributed by atoms with Gasteiger partial charge in [-0.2, -0.15) is 0 Å². The van der Waals surface area contributed by atoms with Gasteiger partial charge in [0.1, 0.15) is 0 Å². The van der Waals surface area contributed by atoms with Crippen molar-refractivity contribution >= 4 is 0 Å². The van der Waals surface area contributed by atoms with Crippen molar-refractivity contribution in [2.75, 3.05) is 20.1 Å². The summed E-state index contributed by atoms with van der Waals surface area (Å²) in [4.78, 5) is 2.33. The van der Waals surface area contributed by atoms with Crippen molar-refractivity contribution < 1.29 is 5.21 Å². The molecule has 1 saturated heterocycles. The summed E-state index contributed by atoms with van der Waals surface area (Å²) in [5.74, 6) is 0.649. The van der Waals surface area contributed by atoms with Gasteiger partial charge >= 0.3 is 0 Å². The monoisotopic (exact) mass is 158 g/mol. The quantitative estimate of drug-likeness (QED) is 0.581. The molecule has 2 N–H and O–H groups in total. The summed E-state index contributed by atoms with van der Waals surface area (Å²) in [5.41, 5.74) is 2.33. The summed E-state index contributed by atoms with van der Waals surface area (Å²) < 4.78 is 0. The van der Waals surface area contributed by atoms with Crippen molar-refractivity contribution in [2.45, 2.75) is 25.8 Å². The second kappa shape index (κ2) is 4.04. The molecule has 1 heterocycles. The van der Waals surface area contributed by atoms with Crippen LogP contribution >= 0.6 is 0 Å². The number of hydroxylamine groups is 1. The average Bonchev–Trinajstić information content (AvgIpc) is 2.05. The standard InChI is InChI=1S/C8H18N2O/c1-7(9-11)8-3-5-10(2)6-4-8/h7-9,11H,3-6H2,1-2H3. The number of piperidine rings is 1. The number of nitrogens with one attached hydrogen (secondary N) is 1. The van der Waals surface area contributed by atoms with E-state index in [0.717, 1.165) is 13.1 Å². The molecule has 0 spiro atoms. The first kappa shape index (κ1) is 8.97. The van der Waals surface area contributed by atoms with Gasteiger partial charge in [0.25, 0.3) is 0 Å². The van der Waals surface area contributed by atoms with Gasteiger partial charge in [-0.3, -0.25) is 0 Å². The molecular weight excluding hydrogens is 140 g/mol. The van der Waals surface area contributed by atoms with E-state index in [1.54, 1.807) is 0 Å². The molecule has 0 aliphatic carbocycles. The van der Waals surface area contributed by atoms with E-state index in [9.17, 15) is 0 Å². The van der Waals surface area contributed by atoms with Crippen molar-refractivity contribution in [3.8, 4) is 0 Å². The Labute approximate surface area is 68.3 Å². The molecule has 66 valence electrons. The van der Waals surface area contributed by atoms with Crippen molar-refractivity contribution in [1.82, 2.24) is 10.4 Å². The maximum atomic E-state index is 8.69. The Morgan fingerprint density at radius 2 is 2.00 bits per heavy atom. The van der Waals surface area contributed by atoms with Crippen LogP contribution in [-0.4, -0.2) is 36.3 Å².